The first-order valence-corrected chi connectivity index (χ1v) is 13.9. The van der Waals surface area contributed by atoms with Gasteiger partial charge in [-0.1, -0.05) is 53.3 Å². The van der Waals surface area contributed by atoms with Crippen molar-refractivity contribution in [2.75, 3.05) is 17.3 Å². The molecule has 0 rings (SSSR count). The van der Waals surface area contributed by atoms with Gasteiger partial charge in [0.1, 0.15) is 3.64 Å². The molecule has 104 valence electrons. The molecular formula is C12H27PS4. The second kappa shape index (κ2) is 9.58. The lowest BCUT2D eigenvalue weighted by Gasteiger charge is -2.22. The molecule has 0 N–H and O–H groups in total. The zero-order chi connectivity index (χ0) is 13.5. The lowest BCUT2D eigenvalue weighted by atomic mass is 10.3. The summed E-state index contributed by atoms with van der Waals surface area (Å²) in [7, 11) is 0. The van der Waals surface area contributed by atoms with Gasteiger partial charge < -0.3 is 0 Å². The summed E-state index contributed by atoms with van der Waals surface area (Å²) in [6, 6.07) is 0. The Morgan fingerprint density at radius 3 is 1.12 bits per heavy atom. The number of rotatable bonds is 9. The van der Waals surface area contributed by atoms with Crippen LogP contribution in [-0.4, -0.2) is 17.3 Å². The highest BCUT2D eigenvalue weighted by Gasteiger charge is 2.20. The van der Waals surface area contributed by atoms with E-state index in [9.17, 15) is 0 Å². The smallest absolute Gasteiger partial charge is 0.104 e. The fourth-order valence-corrected chi connectivity index (χ4v) is 14.4. The molecule has 0 radical (unpaired) electrons. The summed E-state index contributed by atoms with van der Waals surface area (Å²) in [5, 5.41) is 0. The van der Waals surface area contributed by atoms with Crippen LogP contribution >= 0.6 is 37.8 Å². The van der Waals surface area contributed by atoms with Crippen LogP contribution in [0.4, 0.5) is 0 Å². The van der Waals surface area contributed by atoms with Crippen LogP contribution in [0, 0.1) is 17.8 Å². The molecule has 0 atom stereocenters. The Hall–Kier alpha value is 1.70. The molecule has 0 aromatic carbocycles. The fourth-order valence-electron chi connectivity index (χ4n) is 0.833. The Kier molecular flexibility index (Phi) is 10.5. The molecule has 0 bridgehead atoms. The molecule has 0 aliphatic carbocycles. The Labute approximate surface area is 125 Å². The van der Waals surface area contributed by atoms with E-state index in [1.54, 1.807) is 0 Å². The summed E-state index contributed by atoms with van der Waals surface area (Å²) >= 11 is 12.2. The van der Waals surface area contributed by atoms with Crippen LogP contribution in [0.2, 0.25) is 0 Å². The molecule has 0 aliphatic rings. The monoisotopic (exact) mass is 330 g/mol. The SMILES string of the molecule is CC(C)CSP(=S)(SCC(C)C)SCC(C)C. The van der Waals surface area contributed by atoms with Crippen molar-refractivity contribution in [3.05, 3.63) is 0 Å². The predicted molar refractivity (Wildman–Crippen MR) is 96.2 cm³/mol. The van der Waals surface area contributed by atoms with Crippen molar-refractivity contribution in [1.82, 2.24) is 0 Å². The average molecular weight is 331 g/mol. The van der Waals surface area contributed by atoms with Gasteiger partial charge in [0, 0.05) is 17.3 Å². The molecule has 0 heterocycles. The van der Waals surface area contributed by atoms with Gasteiger partial charge in [0.05, 0.1) is 0 Å². The normalized spacial score (nSPS) is 13.0. The Morgan fingerprint density at radius 1 is 0.706 bits per heavy atom. The maximum atomic E-state index is 5.96. The van der Waals surface area contributed by atoms with Gasteiger partial charge in [-0.3, -0.25) is 0 Å². The third kappa shape index (κ3) is 11.2. The third-order valence-electron chi connectivity index (χ3n) is 1.70. The average Bonchev–Trinajstić information content (AvgIpc) is 2.21. The van der Waals surface area contributed by atoms with E-state index < -0.39 is 3.64 Å². The summed E-state index contributed by atoms with van der Waals surface area (Å²) in [5.41, 5.74) is 0. The molecule has 17 heavy (non-hydrogen) atoms. The van der Waals surface area contributed by atoms with E-state index in [4.69, 9.17) is 11.8 Å². The number of hydrogen-bond acceptors (Lipinski definition) is 4. The van der Waals surface area contributed by atoms with Crippen molar-refractivity contribution in [3.63, 3.8) is 0 Å². The second-order valence-electron chi connectivity index (χ2n) is 5.52. The van der Waals surface area contributed by atoms with Crippen molar-refractivity contribution >= 4 is 49.6 Å². The molecule has 0 nitrogen and oxygen atoms in total. The molecule has 5 heteroatoms. The third-order valence-corrected chi connectivity index (χ3v) is 17.8. The molecule has 0 fully saturated rings. The summed E-state index contributed by atoms with van der Waals surface area (Å²) < 4.78 is -1.30. The first kappa shape index (κ1) is 18.7. The van der Waals surface area contributed by atoms with Crippen LogP contribution < -0.4 is 0 Å². The lowest BCUT2D eigenvalue weighted by molar-refractivity contribution is 0.751. The second-order valence-corrected chi connectivity index (χ2v) is 21.2. The molecule has 0 saturated heterocycles. The molecular weight excluding hydrogens is 303 g/mol. The maximum Gasteiger partial charge on any atom is 0.109 e. The van der Waals surface area contributed by atoms with Gasteiger partial charge >= 0.3 is 0 Å². The van der Waals surface area contributed by atoms with Crippen LogP contribution in [-0.2, 0) is 11.8 Å². The van der Waals surface area contributed by atoms with Crippen molar-refractivity contribution in [1.29, 1.82) is 0 Å². The molecule has 0 spiro atoms. The maximum absolute atomic E-state index is 5.96. The molecule has 0 unspecified atom stereocenters. The Bertz CT molecular complexity index is 201. The highest BCUT2D eigenvalue weighted by molar-refractivity contribution is 9.23. The molecule has 0 aliphatic heterocycles. The van der Waals surface area contributed by atoms with Crippen molar-refractivity contribution in [3.8, 4) is 0 Å². The number of hydrogen-bond donors (Lipinski definition) is 0. The highest BCUT2D eigenvalue weighted by Crippen LogP contribution is 2.78. The van der Waals surface area contributed by atoms with Crippen molar-refractivity contribution < 1.29 is 0 Å². The largest absolute Gasteiger partial charge is 0.109 e. The van der Waals surface area contributed by atoms with E-state index in [0.29, 0.717) is 0 Å². The van der Waals surface area contributed by atoms with Gasteiger partial charge in [0.15, 0.2) is 0 Å². The molecule has 0 aromatic rings. The first-order chi connectivity index (χ1) is 7.75. The minimum Gasteiger partial charge on any atom is -0.104 e. The van der Waals surface area contributed by atoms with Crippen molar-refractivity contribution in [2.24, 2.45) is 17.8 Å². The zero-order valence-corrected chi connectivity index (χ0v) is 16.1. The van der Waals surface area contributed by atoms with Crippen LogP contribution in [0.3, 0.4) is 0 Å². The summed E-state index contributed by atoms with van der Waals surface area (Å²) in [5.74, 6) is 5.90. The van der Waals surface area contributed by atoms with Gasteiger partial charge in [-0.15, -0.1) is 34.1 Å². The topological polar surface area (TPSA) is 0 Å². The van der Waals surface area contributed by atoms with E-state index in [-0.39, 0.29) is 0 Å². The van der Waals surface area contributed by atoms with E-state index in [2.05, 4.69) is 75.7 Å². The Morgan fingerprint density at radius 2 is 0.941 bits per heavy atom. The van der Waals surface area contributed by atoms with Gasteiger partial charge in [0.2, 0.25) is 0 Å². The van der Waals surface area contributed by atoms with Crippen LogP contribution in [0.25, 0.3) is 0 Å². The van der Waals surface area contributed by atoms with E-state index >= 15 is 0 Å². The van der Waals surface area contributed by atoms with Gasteiger partial charge in [-0.25, -0.2) is 0 Å². The van der Waals surface area contributed by atoms with Crippen LogP contribution in [0.15, 0.2) is 0 Å². The quantitative estimate of drug-likeness (QED) is 0.450. The predicted octanol–water partition coefficient (Wildman–Crippen LogP) is 6.38. The summed E-state index contributed by atoms with van der Waals surface area (Å²) in [6.07, 6.45) is 0. The van der Waals surface area contributed by atoms with Gasteiger partial charge in [-0.05, 0) is 17.8 Å². The molecule has 0 amide bonds. The van der Waals surface area contributed by atoms with Gasteiger partial charge in [-0.2, -0.15) is 0 Å². The van der Waals surface area contributed by atoms with Gasteiger partial charge in [0.25, 0.3) is 0 Å². The Balaban J connectivity index is 4.29. The standard InChI is InChI=1S/C12H27PS4/c1-10(2)7-15-13(14,16-8-11(3)4)17-9-12(5)6/h10-12H,7-9H2,1-6H3. The fraction of sp³-hybridized carbons (Fsp3) is 1.00. The van der Waals surface area contributed by atoms with E-state index in [0.717, 1.165) is 17.8 Å². The molecule has 0 saturated carbocycles. The summed E-state index contributed by atoms with van der Waals surface area (Å²) in [6.45, 7) is 13.7. The summed E-state index contributed by atoms with van der Waals surface area (Å²) in [4.78, 5) is 0. The zero-order valence-electron chi connectivity index (χ0n) is 11.9. The highest BCUT2D eigenvalue weighted by atomic mass is 33.5. The first-order valence-electron chi connectivity index (χ1n) is 6.29. The minimum atomic E-state index is -1.30. The van der Waals surface area contributed by atoms with Crippen LogP contribution in [0.5, 0.6) is 0 Å². The lowest BCUT2D eigenvalue weighted by Crippen LogP contribution is -1.94. The minimum absolute atomic E-state index is 0.752. The molecule has 0 aromatic heterocycles. The van der Waals surface area contributed by atoms with E-state index in [1.807, 2.05) is 0 Å². The van der Waals surface area contributed by atoms with Crippen molar-refractivity contribution in [2.45, 2.75) is 41.5 Å². The van der Waals surface area contributed by atoms with Crippen LogP contribution in [0.1, 0.15) is 41.5 Å². The van der Waals surface area contributed by atoms with E-state index in [1.165, 1.54) is 17.3 Å².